The maximum absolute atomic E-state index is 12.5. The predicted octanol–water partition coefficient (Wildman–Crippen LogP) is 7.89. The fourth-order valence-electron chi connectivity index (χ4n) is 2.70. The smallest absolute Gasteiger partial charge is 0.185 e. The molecule has 0 radical (unpaired) electrons. The van der Waals surface area contributed by atoms with Crippen LogP contribution in [0.25, 0.3) is 16.5 Å². The number of carbonyl (C=O) groups is 1. The second-order valence-electron chi connectivity index (χ2n) is 6.21. The van der Waals surface area contributed by atoms with E-state index in [1.807, 2.05) is 73.0 Å². The second kappa shape index (κ2) is 9.27. The quantitative estimate of drug-likeness (QED) is 0.157. The third-order valence-electron chi connectivity index (χ3n) is 4.17. The lowest BCUT2D eigenvalue weighted by atomic mass is 10.1. The number of allylic oxidation sites excluding steroid dienone is 1. The number of ketones is 1. The summed E-state index contributed by atoms with van der Waals surface area (Å²) in [6.07, 6.45) is 5.33. The Labute approximate surface area is 186 Å². The van der Waals surface area contributed by atoms with E-state index in [9.17, 15) is 4.79 Å². The van der Waals surface area contributed by atoms with Crippen LogP contribution in [-0.2, 0) is 0 Å². The van der Waals surface area contributed by atoms with Crippen molar-refractivity contribution in [2.24, 2.45) is 4.99 Å². The van der Waals surface area contributed by atoms with Crippen LogP contribution in [0.4, 0.5) is 5.69 Å². The molecule has 0 saturated carbocycles. The molecule has 0 N–H and O–H groups in total. The van der Waals surface area contributed by atoms with Gasteiger partial charge in [-0.3, -0.25) is 9.79 Å². The topological polar surface area (TPSA) is 29.4 Å². The zero-order valence-electron chi connectivity index (χ0n) is 15.3. The van der Waals surface area contributed by atoms with E-state index in [1.54, 1.807) is 28.7 Å². The van der Waals surface area contributed by atoms with Gasteiger partial charge in [-0.15, -0.1) is 22.7 Å². The van der Waals surface area contributed by atoms with Crippen molar-refractivity contribution >= 4 is 62.4 Å². The van der Waals surface area contributed by atoms with Gasteiger partial charge in [-0.05, 0) is 82.2 Å². The number of halogens is 1. The van der Waals surface area contributed by atoms with Crippen molar-refractivity contribution in [1.82, 2.24) is 0 Å². The van der Waals surface area contributed by atoms with E-state index in [4.69, 9.17) is 0 Å². The number of thiophene rings is 2. The summed E-state index contributed by atoms with van der Waals surface area (Å²) < 4.78 is 1.08. The molecule has 2 nitrogen and oxygen atoms in total. The molecular formula is C24H16BrNOS2. The van der Waals surface area contributed by atoms with Gasteiger partial charge in [0.2, 0.25) is 0 Å². The molecule has 0 unspecified atom stereocenters. The summed E-state index contributed by atoms with van der Waals surface area (Å²) in [6, 6.07) is 25.7. The molecular weight excluding hydrogens is 462 g/mol. The monoisotopic (exact) mass is 477 g/mol. The van der Waals surface area contributed by atoms with Crippen LogP contribution in [0.2, 0.25) is 0 Å². The van der Waals surface area contributed by atoms with Gasteiger partial charge >= 0.3 is 0 Å². The summed E-state index contributed by atoms with van der Waals surface area (Å²) in [5.41, 5.74) is 2.66. The van der Waals surface area contributed by atoms with Gasteiger partial charge in [0, 0.05) is 26.4 Å². The van der Waals surface area contributed by atoms with E-state index in [0.29, 0.717) is 5.56 Å². The molecule has 2 aromatic carbocycles. The molecule has 0 spiro atoms. The molecule has 5 heteroatoms. The van der Waals surface area contributed by atoms with Gasteiger partial charge in [-0.2, -0.15) is 0 Å². The van der Waals surface area contributed by atoms with Gasteiger partial charge in [0.25, 0.3) is 0 Å². The Balaban J connectivity index is 1.41. The van der Waals surface area contributed by atoms with Crippen LogP contribution in [0.1, 0.15) is 20.1 Å². The normalized spacial score (nSPS) is 11.5. The molecule has 29 heavy (non-hydrogen) atoms. The standard InChI is InChI=1S/C24H16BrNOS2/c25-24-15-12-21(29-24)16-26-19-8-6-17(7-9-19)22(27)13-10-20-11-14-23(28-20)18-4-2-1-3-5-18/h1-16H. The van der Waals surface area contributed by atoms with Gasteiger partial charge in [0.1, 0.15) is 0 Å². The van der Waals surface area contributed by atoms with Crippen molar-refractivity contribution in [3.63, 3.8) is 0 Å². The summed E-state index contributed by atoms with van der Waals surface area (Å²) in [7, 11) is 0. The van der Waals surface area contributed by atoms with E-state index in [-0.39, 0.29) is 5.78 Å². The third-order valence-corrected chi connectivity index (χ3v) is 6.83. The highest BCUT2D eigenvalue weighted by Gasteiger charge is 2.04. The predicted molar refractivity (Wildman–Crippen MR) is 129 cm³/mol. The molecule has 0 bridgehead atoms. The molecule has 4 rings (SSSR count). The number of hydrogen-bond acceptors (Lipinski definition) is 4. The molecule has 2 aromatic heterocycles. The zero-order valence-corrected chi connectivity index (χ0v) is 18.5. The minimum atomic E-state index is -0.0163. The van der Waals surface area contributed by atoms with Gasteiger partial charge < -0.3 is 0 Å². The Bertz CT molecular complexity index is 1170. The second-order valence-corrected chi connectivity index (χ2v) is 9.82. The molecule has 0 aliphatic carbocycles. The maximum atomic E-state index is 12.5. The first kappa shape index (κ1) is 19.7. The first-order valence-electron chi connectivity index (χ1n) is 8.94. The lowest BCUT2D eigenvalue weighted by Gasteiger charge is -1.97. The number of hydrogen-bond donors (Lipinski definition) is 0. The van der Waals surface area contributed by atoms with Gasteiger partial charge in [0.05, 0.1) is 9.47 Å². The van der Waals surface area contributed by atoms with E-state index in [1.165, 1.54) is 10.4 Å². The number of rotatable bonds is 6. The molecule has 0 amide bonds. The van der Waals surface area contributed by atoms with Crippen LogP contribution in [-0.4, -0.2) is 12.0 Å². The molecule has 0 aliphatic heterocycles. The summed E-state index contributed by atoms with van der Waals surface area (Å²) in [6.45, 7) is 0. The van der Waals surface area contributed by atoms with E-state index in [2.05, 4.69) is 39.1 Å². The third kappa shape index (κ3) is 5.26. The average molecular weight is 478 g/mol. The lowest BCUT2D eigenvalue weighted by Crippen LogP contribution is -1.92. The Hall–Kier alpha value is -2.60. The van der Waals surface area contributed by atoms with E-state index < -0.39 is 0 Å². The van der Waals surface area contributed by atoms with Crippen LogP contribution >= 0.6 is 38.6 Å². The number of nitrogens with zero attached hydrogens (tertiary/aromatic N) is 1. The molecule has 4 aromatic rings. The summed E-state index contributed by atoms with van der Waals surface area (Å²) >= 11 is 6.74. The van der Waals surface area contributed by atoms with Gasteiger partial charge in [-0.1, -0.05) is 30.3 Å². The number of benzene rings is 2. The van der Waals surface area contributed by atoms with Crippen molar-refractivity contribution in [3.05, 3.63) is 104 Å². The fourth-order valence-corrected chi connectivity index (χ4v) is 4.91. The molecule has 0 atom stereocenters. The van der Waals surface area contributed by atoms with E-state index in [0.717, 1.165) is 19.2 Å². The Morgan fingerprint density at radius 3 is 2.31 bits per heavy atom. The Kier molecular flexibility index (Phi) is 6.30. The average Bonchev–Trinajstić information content (AvgIpc) is 3.40. The van der Waals surface area contributed by atoms with Gasteiger partial charge in [0.15, 0.2) is 5.78 Å². The van der Waals surface area contributed by atoms with Crippen molar-refractivity contribution in [2.45, 2.75) is 0 Å². The SMILES string of the molecule is O=C(C=Cc1ccc(-c2ccccc2)s1)c1ccc(N=Cc2ccc(Br)s2)cc1. The number of aliphatic imine (C=N–C) groups is 1. The minimum Gasteiger partial charge on any atom is -0.289 e. The summed E-state index contributed by atoms with van der Waals surface area (Å²) in [5.74, 6) is -0.0163. The zero-order chi connectivity index (χ0) is 20.1. The highest BCUT2D eigenvalue weighted by atomic mass is 79.9. The van der Waals surface area contributed by atoms with Gasteiger partial charge in [-0.25, -0.2) is 0 Å². The van der Waals surface area contributed by atoms with Crippen molar-refractivity contribution in [2.75, 3.05) is 0 Å². The number of carbonyl (C=O) groups excluding carboxylic acids is 1. The molecule has 0 saturated heterocycles. The van der Waals surface area contributed by atoms with Crippen LogP contribution in [0.15, 0.2) is 93.7 Å². The first-order valence-corrected chi connectivity index (χ1v) is 11.4. The lowest BCUT2D eigenvalue weighted by molar-refractivity contribution is 0.104. The molecule has 0 aliphatic rings. The summed E-state index contributed by atoms with van der Waals surface area (Å²) in [4.78, 5) is 20.2. The van der Waals surface area contributed by atoms with Crippen molar-refractivity contribution in [1.29, 1.82) is 0 Å². The van der Waals surface area contributed by atoms with Crippen molar-refractivity contribution < 1.29 is 4.79 Å². The highest BCUT2D eigenvalue weighted by Crippen LogP contribution is 2.28. The molecule has 142 valence electrons. The Morgan fingerprint density at radius 1 is 0.828 bits per heavy atom. The largest absolute Gasteiger partial charge is 0.289 e. The van der Waals surface area contributed by atoms with Crippen molar-refractivity contribution in [3.8, 4) is 10.4 Å². The van der Waals surface area contributed by atoms with Crippen LogP contribution in [0.5, 0.6) is 0 Å². The highest BCUT2D eigenvalue weighted by molar-refractivity contribution is 9.11. The molecule has 0 fully saturated rings. The fraction of sp³-hybridized carbons (Fsp3) is 0. The summed E-state index contributed by atoms with van der Waals surface area (Å²) in [5, 5.41) is 0. The maximum Gasteiger partial charge on any atom is 0.185 e. The first-order chi connectivity index (χ1) is 14.2. The van der Waals surface area contributed by atoms with Crippen LogP contribution < -0.4 is 0 Å². The van der Waals surface area contributed by atoms with E-state index >= 15 is 0 Å². The Morgan fingerprint density at radius 2 is 1.59 bits per heavy atom. The minimum absolute atomic E-state index is 0.0163. The van der Waals surface area contributed by atoms with Crippen LogP contribution in [0.3, 0.4) is 0 Å². The van der Waals surface area contributed by atoms with Crippen LogP contribution in [0, 0.1) is 0 Å². The molecule has 2 heterocycles.